The van der Waals surface area contributed by atoms with Crippen molar-refractivity contribution < 1.29 is 13.2 Å². The van der Waals surface area contributed by atoms with E-state index in [2.05, 4.69) is 15.5 Å². The van der Waals surface area contributed by atoms with Gasteiger partial charge in [0.15, 0.2) is 5.65 Å². The quantitative estimate of drug-likeness (QED) is 0.700. The third-order valence-corrected chi connectivity index (χ3v) is 6.24. The first-order chi connectivity index (χ1) is 13.4. The molecular weight excluding hydrogens is 378 g/mol. The molecule has 1 saturated heterocycles. The number of carbonyl (C=O) groups is 1. The van der Waals surface area contributed by atoms with Gasteiger partial charge >= 0.3 is 0 Å². The zero-order chi connectivity index (χ0) is 19.7. The third kappa shape index (κ3) is 3.76. The Morgan fingerprint density at radius 2 is 1.96 bits per heavy atom. The van der Waals surface area contributed by atoms with Crippen LogP contribution in [-0.4, -0.2) is 52.6 Å². The summed E-state index contributed by atoms with van der Waals surface area (Å²) in [5.41, 5.74) is 2.16. The van der Waals surface area contributed by atoms with Gasteiger partial charge in [0.2, 0.25) is 10.0 Å². The van der Waals surface area contributed by atoms with Crippen LogP contribution in [0.4, 0.5) is 0 Å². The largest absolute Gasteiger partial charge is 0.348 e. The lowest BCUT2D eigenvalue weighted by Gasteiger charge is -2.12. The minimum Gasteiger partial charge on any atom is -0.348 e. The highest BCUT2D eigenvalue weighted by Crippen LogP contribution is 2.27. The van der Waals surface area contributed by atoms with E-state index in [9.17, 15) is 13.2 Å². The van der Waals surface area contributed by atoms with E-state index in [0.717, 1.165) is 5.56 Å². The number of fused-ring (bicyclic) bond motifs is 1. The molecular formula is C19H21N5O3S. The van der Waals surface area contributed by atoms with Crippen LogP contribution < -0.4 is 5.32 Å². The number of rotatable bonds is 5. The first-order valence-corrected chi connectivity index (χ1v) is 10.9. The zero-order valence-electron chi connectivity index (χ0n) is 15.4. The molecule has 0 aliphatic carbocycles. The first-order valence-electron chi connectivity index (χ1n) is 9.04. The summed E-state index contributed by atoms with van der Waals surface area (Å²) in [6.45, 7) is 1.29. The lowest BCUT2D eigenvalue weighted by Crippen LogP contribution is -2.27. The van der Waals surface area contributed by atoms with Crippen LogP contribution in [0.25, 0.3) is 5.65 Å². The summed E-state index contributed by atoms with van der Waals surface area (Å²) in [6, 6.07) is 13.2. The molecule has 0 radical (unpaired) electrons. The standard InChI is InChI=1S/C19H21N5O3S/c1-28(26,27)23-10-9-15(12-23)18-22-21-17-8-7-16(13-24(17)18)19(25)20-11-14-5-3-2-4-6-14/h2-8,13,15H,9-12H2,1H3,(H,20,25)/t15-/m0/s1. The minimum absolute atomic E-state index is 0.0487. The molecule has 1 aromatic carbocycles. The molecule has 1 amide bonds. The second-order valence-electron chi connectivity index (χ2n) is 6.98. The van der Waals surface area contributed by atoms with Gasteiger partial charge in [0, 0.05) is 31.7 Å². The van der Waals surface area contributed by atoms with Crippen LogP contribution in [0, 0.1) is 0 Å². The molecule has 1 aliphatic heterocycles. The molecule has 0 spiro atoms. The monoisotopic (exact) mass is 399 g/mol. The van der Waals surface area contributed by atoms with Crippen molar-refractivity contribution in [3.63, 3.8) is 0 Å². The number of nitrogens with zero attached hydrogens (tertiary/aromatic N) is 4. The van der Waals surface area contributed by atoms with E-state index in [-0.39, 0.29) is 11.8 Å². The Labute approximate surface area is 163 Å². The summed E-state index contributed by atoms with van der Waals surface area (Å²) in [7, 11) is -3.22. The van der Waals surface area contributed by atoms with E-state index in [0.29, 0.717) is 43.1 Å². The Kier molecular flexibility index (Phi) is 4.86. The van der Waals surface area contributed by atoms with Gasteiger partial charge in [-0.15, -0.1) is 10.2 Å². The number of hydrogen-bond acceptors (Lipinski definition) is 5. The Morgan fingerprint density at radius 3 is 2.68 bits per heavy atom. The fourth-order valence-corrected chi connectivity index (χ4v) is 4.33. The van der Waals surface area contributed by atoms with E-state index in [1.165, 1.54) is 10.6 Å². The molecule has 8 nitrogen and oxygen atoms in total. The predicted molar refractivity (Wildman–Crippen MR) is 104 cm³/mol. The van der Waals surface area contributed by atoms with E-state index in [1.807, 2.05) is 30.3 Å². The lowest BCUT2D eigenvalue weighted by atomic mass is 10.1. The van der Waals surface area contributed by atoms with Crippen LogP contribution >= 0.6 is 0 Å². The van der Waals surface area contributed by atoms with Gasteiger partial charge in [-0.05, 0) is 24.1 Å². The second kappa shape index (κ2) is 7.33. The molecule has 2 aromatic heterocycles. The minimum atomic E-state index is -3.22. The number of sulfonamides is 1. The van der Waals surface area contributed by atoms with Crippen molar-refractivity contribution in [2.45, 2.75) is 18.9 Å². The molecule has 0 saturated carbocycles. The number of hydrogen-bond donors (Lipinski definition) is 1. The summed E-state index contributed by atoms with van der Waals surface area (Å²) >= 11 is 0. The van der Waals surface area contributed by atoms with Gasteiger partial charge in [-0.2, -0.15) is 0 Å². The summed E-state index contributed by atoms with van der Waals surface area (Å²) in [5, 5.41) is 11.3. The highest BCUT2D eigenvalue weighted by molar-refractivity contribution is 7.88. The van der Waals surface area contributed by atoms with Crippen molar-refractivity contribution in [3.05, 3.63) is 65.6 Å². The fraction of sp³-hybridized carbons (Fsp3) is 0.316. The maximum atomic E-state index is 12.5. The van der Waals surface area contributed by atoms with E-state index < -0.39 is 10.0 Å². The van der Waals surface area contributed by atoms with E-state index in [4.69, 9.17) is 0 Å². The third-order valence-electron chi connectivity index (χ3n) is 4.97. The smallest absolute Gasteiger partial charge is 0.253 e. The molecule has 9 heteroatoms. The fourth-order valence-electron chi connectivity index (χ4n) is 3.44. The SMILES string of the molecule is CS(=O)(=O)N1CC[C@H](c2nnc3ccc(C(=O)NCc4ccccc4)cn23)C1. The molecule has 4 rings (SSSR count). The summed E-state index contributed by atoms with van der Waals surface area (Å²) < 4.78 is 26.8. The topological polar surface area (TPSA) is 96.7 Å². The number of aromatic nitrogens is 3. The van der Waals surface area contributed by atoms with Crippen molar-refractivity contribution in [2.24, 2.45) is 0 Å². The van der Waals surface area contributed by atoms with Gasteiger partial charge in [-0.1, -0.05) is 30.3 Å². The van der Waals surface area contributed by atoms with Crippen LogP contribution in [0.1, 0.15) is 34.1 Å². The Balaban J connectivity index is 1.54. The molecule has 1 aliphatic rings. The van der Waals surface area contributed by atoms with Gasteiger partial charge in [0.25, 0.3) is 5.91 Å². The van der Waals surface area contributed by atoms with Crippen LogP contribution in [0.3, 0.4) is 0 Å². The van der Waals surface area contributed by atoms with Gasteiger partial charge in [-0.25, -0.2) is 12.7 Å². The summed E-state index contributed by atoms with van der Waals surface area (Å²) in [5.74, 6) is 0.445. The molecule has 3 aromatic rings. The van der Waals surface area contributed by atoms with E-state index in [1.54, 1.807) is 22.7 Å². The highest BCUT2D eigenvalue weighted by Gasteiger charge is 2.32. The average molecular weight is 399 g/mol. The summed E-state index contributed by atoms with van der Waals surface area (Å²) in [6.07, 6.45) is 3.61. The van der Waals surface area contributed by atoms with E-state index >= 15 is 0 Å². The number of benzene rings is 1. The molecule has 0 bridgehead atoms. The van der Waals surface area contributed by atoms with Gasteiger partial charge in [0.1, 0.15) is 5.82 Å². The average Bonchev–Trinajstić information content (AvgIpc) is 3.33. The first kappa shape index (κ1) is 18.6. The van der Waals surface area contributed by atoms with Crippen molar-refractivity contribution >= 4 is 21.6 Å². The maximum Gasteiger partial charge on any atom is 0.253 e. The summed E-state index contributed by atoms with van der Waals surface area (Å²) in [4.78, 5) is 12.5. The van der Waals surface area contributed by atoms with Crippen LogP contribution in [0.5, 0.6) is 0 Å². The Bertz CT molecular complexity index is 1110. The second-order valence-corrected chi connectivity index (χ2v) is 8.96. The molecule has 1 fully saturated rings. The lowest BCUT2D eigenvalue weighted by molar-refractivity contribution is 0.0950. The Hall–Kier alpha value is -2.78. The predicted octanol–water partition coefficient (Wildman–Crippen LogP) is 1.41. The van der Waals surface area contributed by atoms with Gasteiger partial charge < -0.3 is 5.32 Å². The maximum absolute atomic E-state index is 12.5. The molecule has 146 valence electrons. The number of carbonyl (C=O) groups excluding carboxylic acids is 1. The van der Waals surface area contributed by atoms with Crippen LogP contribution in [-0.2, 0) is 16.6 Å². The van der Waals surface area contributed by atoms with Crippen molar-refractivity contribution in [2.75, 3.05) is 19.3 Å². The molecule has 28 heavy (non-hydrogen) atoms. The number of nitrogens with one attached hydrogen (secondary N) is 1. The molecule has 0 unspecified atom stereocenters. The number of amides is 1. The normalized spacial score (nSPS) is 17.8. The van der Waals surface area contributed by atoms with Crippen molar-refractivity contribution in [1.82, 2.24) is 24.2 Å². The Morgan fingerprint density at radius 1 is 1.18 bits per heavy atom. The van der Waals surface area contributed by atoms with Crippen molar-refractivity contribution in [3.8, 4) is 0 Å². The van der Waals surface area contributed by atoms with Crippen LogP contribution in [0.2, 0.25) is 0 Å². The zero-order valence-corrected chi connectivity index (χ0v) is 16.3. The number of pyridine rings is 1. The highest BCUT2D eigenvalue weighted by atomic mass is 32.2. The van der Waals surface area contributed by atoms with Gasteiger partial charge in [0.05, 0.1) is 11.8 Å². The molecule has 3 heterocycles. The van der Waals surface area contributed by atoms with Crippen molar-refractivity contribution in [1.29, 1.82) is 0 Å². The molecule has 1 atom stereocenters. The molecule has 1 N–H and O–H groups in total. The van der Waals surface area contributed by atoms with Crippen LogP contribution in [0.15, 0.2) is 48.7 Å². The van der Waals surface area contributed by atoms with Gasteiger partial charge in [-0.3, -0.25) is 9.20 Å².